The van der Waals surface area contributed by atoms with Gasteiger partial charge in [-0.05, 0) is 19.1 Å². The van der Waals surface area contributed by atoms with Gasteiger partial charge in [-0.2, -0.15) is 0 Å². The molecule has 92 valence electrons. The third-order valence-corrected chi connectivity index (χ3v) is 1.85. The Hall–Kier alpha value is -2.04. The van der Waals surface area contributed by atoms with Crippen LogP contribution in [0, 0.1) is 0 Å². The molecule has 0 aliphatic carbocycles. The number of carbonyl (C=O) groups is 2. The molecule has 0 atom stereocenters. The van der Waals surface area contributed by atoms with Crippen LogP contribution in [-0.4, -0.2) is 25.1 Å². The average molecular weight is 237 g/mol. The smallest absolute Gasteiger partial charge is 0.344 e. The summed E-state index contributed by atoms with van der Waals surface area (Å²) < 4.78 is 10.00. The van der Waals surface area contributed by atoms with Gasteiger partial charge in [-0.1, -0.05) is 12.1 Å². The number of para-hydroxylation sites is 2. The van der Waals surface area contributed by atoms with Crippen LogP contribution in [0.1, 0.15) is 13.8 Å². The second-order valence-corrected chi connectivity index (χ2v) is 3.27. The molecule has 1 aromatic carbocycles. The number of rotatable bonds is 5. The van der Waals surface area contributed by atoms with Gasteiger partial charge in [0.2, 0.25) is 5.91 Å². The Morgan fingerprint density at radius 3 is 2.65 bits per heavy atom. The van der Waals surface area contributed by atoms with Crippen LogP contribution in [-0.2, 0) is 14.3 Å². The van der Waals surface area contributed by atoms with E-state index in [1.54, 1.807) is 31.2 Å². The third-order valence-electron chi connectivity index (χ3n) is 1.85. The summed E-state index contributed by atoms with van der Waals surface area (Å²) in [5.41, 5.74) is 0.532. The van der Waals surface area contributed by atoms with Crippen molar-refractivity contribution >= 4 is 17.6 Å². The van der Waals surface area contributed by atoms with E-state index in [1.165, 1.54) is 6.92 Å². The van der Waals surface area contributed by atoms with Crippen molar-refractivity contribution in [3.8, 4) is 5.75 Å². The molecule has 1 rings (SSSR count). The maximum Gasteiger partial charge on any atom is 0.344 e. The summed E-state index contributed by atoms with van der Waals surface area (Å²) in [6, 6.07) is 6.89. The maximum absolute atomic E-state index is 11.1. The van der Waals surface area contributed by atoms with Crippen LogP contribution in [0.15, 0.2) is 24.3 Å². The highest BCUT2D eigenvalue weighted by Crippen LogP contribution is 2.23. The Kier molecular flexibility index (Phi) is 5.00. The van der Waals surface area contributed by atoms with E-state index in [9.17, 15) is 9.59 Å². The van der Waals surface area contributed by atoms with E-state index < -0.39 is 5.97 Å². The molecule has 0 spiro atoms. The van der Waals surface area contributed by atoms with Gasteiger partial charge in [0.05, 0.1) is 12.3 Å². The van der Waals surface area contributed by atoms with Gasteiger partial charge < -0.3 is 14.8 Å². The number of carbonyl (C=O) groups excluding carboxylic acids is 2. The Bertz CT molecular complexity index is 403. The first-order valence-electron chi connectivity index (χ1n) is 5.28. The van der Waals surface area contributed by atoms with Gasteiger partial charge in [0, 0.05) is 6.92 Å². The monoisotopic (exact) mass is 237 g/mol. The molecule has 0 bridgehead atoms. The number of anilines is 1. The average Bonchev–Trinajstić information content (AvgIpc) is 2.27. The summed E-state index contributed by atoms with van der Waals surface area (Å²) in [5, 5.41) is 2.61. The number of amides is 1. The molecule has 0 unspecified atom stereocenters. The summed E-state index contributed by atoms with van der Waals surface area (Å²) in [6.07, 6.45) is 0. The van der Waals surface area contributed by atoms with Crippen LogP contribution in [0.2, 0.25) is 0 Å². The number of hydrogen-bond donors (Lipinski definition) is 1. The normalized spacial score (nSPS) is 9.53. The van der Waals surface area contributed by atoms with Crippen LogP contribution in [0.25, 0.3) is 0 Å². The van der Waals surface area contributed by atoms with Gasteiger partial charge >= 0.3 is 5.97 Å². The second-order valence-electron chi connectivity index (χ2n) is 3.27. The Morgan fingerprint density at radius 1 is 1.29 bits per heavy atom. The van der Waals surface area contributed by atoms with Crippen LogP contribution in [0.3, 0.4) is 0 Å². The second kappa shape index (κ2) is 6.52. The van der Waals surface area contributed by atoms with E-state index in [4.69, 9.17) is 9.47 Å². The maximum atomic E-state index is 11.1. The highest BCUT2D eigenvalue weighted by Gasteiger charge is 2.07. The first-order chi connectivity index (χ1) is 8.13. The van der Waals surface area contributed by atoms with Gasteiger partial charge in [-0.15, -0.1) is 0 Å². The molecule has 17 heavy (non-hydrogen) atoms. The van der Waals surface area contributed by atoms with Crippen molar-refractivity contribution in [1.82, 2.24) is 0 Å². The molecular weight excluding hydrogens is 222 g/mol. The molecular formula is C12H15NO4. The van der Waals surface area contributed by atoms with E-state index in [0.29, 0.717) is 18.0 Å². The van der Waals surface area contributed by atoms with Crippen molar-refractivity contribution in [2.24, 2.45) is 0 Å². The highest BCUT2D eigenvalue weighted by molar-refractivity contribution is 5.90. The number of benzene rings is 1. The van der Waals surface area contributed by atoms with Crippen molar-refractivity contribution < 1.29 is 19.1 Å². The summed E-state index contributed by atoms with van der Waals surface area (Å²) in [7, 11) is 0. The molecule has 1 N–H and O–H groups in total. The third kappa shape index (κ3) is 4.55. The fraction of sp³-hybridized carbons (Fsp3) is 0.333. The van der Waals surface area contributed by atoms with Crippen LogP contribution >= 0.6 is 0 Å². The summed E-state index contributed by atoms with van der Waals surface area (Å²) in [6.45, 7) is 3.27. The molecule has 0 aromatic heterocycles. The quantitative estimate of drug-likeness (QED) is 0.790. The standard InChI is InChI=1S/C12H15NO4/c1-3-16-12(15)8-17-11-7-5-4-6-10(11)13-9(2)14/h4-7H,3,8H2,1-2H3,(H,13,14). The van der Waals surface area contributed by atoms with Gasteiger partial charge in [0.15, 0.2) is 6.61 Å². The molecule has 1 aromatic rings. The predicted molar refractivity (Wildman–Crippen MR) is 62.9 cm³/mol. The van der Waals surface area contributed by atoms with Gasteiger partial charge in [-0.25, -0.2) is 4.79 Å². The number of esters is 1. The Labute approximate surface area is 99.7 Å². The van der Waals surface area contributed by atoms with E-state index in [1.807, 2.05) is 0 Å². The number of ether oxygens (including phenoxy) is 2. The highest BCUT2D eigenvalue weighted by atomic mass is 16.6. The first kappa shape index (κ1) is 13.0. The zero-order valence-corrected chi connectivity index (χ0v) is 9.86. The fourth-order valence-corrected chi connectivity index (χ4v) is 1.22. The minimum absolute atomic E-state index is 0.176. The molecule has 0 aliphatic rings. The van der Waals surface area contributed by atoms with E-state index in [-0.39, 0.29) is 12.5 Å². The molecule has 0 saturated heterocycles. The SMILES string of the molecule is CCOC(=O)COc1ccccc1NC(C)=O. The van der Waals surface area contributed by atoms with E-state index >= 15 is 0 Å². The molecule has 0 fully saturated rings. The number of hydrogen-bond acceptors (Lipinski definition) is 4. The lowest BCUT2D eigenvalue weighted by Crippen LogP contribution is -2.15. The van der Waals surface area contributed by atoms with Crippen molar-refractivity contribution in [3.63, 3.8) is 0 Å². The van der Waals surface area contributed by atoms with E-state index in [0.717, 1.165) is 0 Å². The van der Waals surface area contributed by atoms with E-state index in [2.05, 4.69) is 5.32 Å². The van der Waals surface area contributed by atoms with Crippen LogP contribution in [0.4, 0.5) is 5.69 Å². The molecule has 0 radical (unpaired) electrons. The zero-order valence-electron chi connectivity index (χ0n) is 9.86. The lowest BCUT2D eigenvalue weighted by atomic mass is 10.3. The predicted octanol–water partition coefficient (Wildman–Crippen LogP) is 1.59. The number of nitrogens with one attached hydrogen (secondary N) is 1. The van der Waals surface area contributed by atoms with Gasteiger partial charge in [-0.3, -0.25) is 4.79 Å². The molecule has 0 heterocycles. The Morgan fingerprint density at radius 2 is 2.00 bits per heavy atom. The lowest BCUT2D eigenvalue weighted by molar-refractivity contribution is -0.145. The zero-order chi connectivity index (χ0) is 12.7. The summed E-state index contributed by atoms with van der Waals surface area (Å²) in [5.74, 6) is -0.196. The minimum Gasteiger partial charge on any atom is -0.480 e. The summed E-state index contributed by atoms with van der Waals surface area (Å²) >= 11 is 0. The van der Waals surface area contributed by atoms with Crippen LogP contribution in [0.5, 0.6) is 5.75 Å². The Balaban J connectivity index is 2.63. The van der Waals surface area contributed by atoms with Gasteiger partial charge in [0.25, 0.3) is 0 Å². The molecule has 5 heteroatoms. The lowest BCUT2D eigenvalue weighted by Gasteiger charge is -2.10. The first-order valence-corrected chi connectivity index (χ1v) is 5.28. The summed E-state index contributed by atoms with van der Waals surface area (Å²) in [4.78, 5) is 22.1. The molecule has 5 nitrogen and oxygen atoms in total. The topological polar surface area (TPSA) is 64.6 Å². The molecule has 0 saturated carbocycles. The molecule has 1 amide bonds. The van der Waals surface area contributed by atoms with Crippen molar-refractivity contribution in [1.29, 1.82) is 0 Å². The van der Waals surface area contributed by atoms with Crippen molar-refractivity contribution in [3.05, 3.63) is 24.3 Å². The fourth-order valence-electron chi connectivity index (χ4n) is 1.22. The minimum atomic E-state index is -0.440. The largest absolute Gasteiger partial charge is 0.480 e. The van der Waals surface area contributed by atoms with Gasteiger partial charge in [0.1, 0.15) is 5.75 Å². The van der Waals surface area contributed by atoms with Crippen LogP contribution < -0.4 is 10.1 Å². The van der Waals surface area contributed by atoms with Crippen molar-refractivity contribution in [2.45, 2.75) is 13.8 Å². The van der Waals surface area contributed by atoms with Crippen molar-refractivity contribution in [2.75, 3.05) is 18.5 Å². The molecule has 0 aliphatic heterocycles.